The molecule has 1 aromatic carbocycles. The first-order valence-corrected chi connectivity index (χ1v) is 12.4. The van der Waals surface area contributed by atoms with Crippen molar-refractivity contribution in [3.8, 4) is 5.69 Å². The van der Waals surface area contributed by atoms with E-state index < -0.39 is 35.6 Å². The van der Waals surface area contributed by atoms with E-state index in [1.807, 2.05) is 62.7 Å². The molecule has 1 saturated heterocycles. The standard InChI is InChI=1S/C25H31N5O4S/c1-16(17-6-8-18(9-7-17)30-12-5-10-27-30)28-21(33)19(31)20(32)22(34)29-15-24(2,3)14-25(29,4)23-26-11-13-35-23/h5-13,16,19-20,31-32H,14-15H2,1-4H3,(H,28,33)/t16-,19-,20-,25?/m1/s1. The van der Waals surface area contributed by atoms with Crippen molar-refractivity contribution in [2.45, 2.75) is 57.9 Å². The van der Waals surface area contributed by atoms with Crippen molar-refractivity contribution in [3.05, 3.63) is 64.9 Å². The highest BCUT2D eigenvalue weighted by Crippen LogP contribution is 2.48. The molecule has 3 heterocycles. The summed E-state index contributed by atoms with van der Waals surface area (Å²) in [6.45, 7) is 8.14. The van der Waals surface area contributed by atoms with Crippen LogP contribution in [-0.2, 0) is 15.1 Å². The first-order chi connectivity index (χ1) is 16.5. The summed E-state index contributed by atoms with van der Waals surface area (Å²) in [4.78, 5) is 32.0. The molecule has 3 N–H and O–H groups in total. The molecule has 0 saturated carbocycles. The third-order valence-corrected chi connectivity index (χ3v) is 7.53. The lowest BCUT2D eigenvalue weighted by Crippen LogP contribution is -2.54. The van der Waals surface area contributed by atoms with Gasteiger partial charge in [-0.25, -0.2) is 9.67 Å². The number of rotatable bonds is 7. The van der Waals surface area contributed by atoms with Gasteiger partial charge < -0.3 is 20.4 Å². The van der Waals surface area contributed by atoms with Crippen molar-refractivity contribution >= 4 is 23.2 Å². The van der Waals surface area contributed by atoms with Crippen molar-refractivity contribution < 1.29 is 19.8 Å². The number of aromatic nitrogens is 3. The zero-order valence-electron chi connectivity index (χ0n) is 20.3. The van der Waals surface area contributed by atoms with Crippen molar-refractivity contribution in [2.24, 2.45) is 5.41 Å². The molecule has 1 aliphatic rings. The first-order valence-electron chi connectivity index (χ1n) is 11.5. The minimum atomic E-state index is -1.91. The smallest absolute Gasteiger partial charge is 0.255 e. The molecule has 1 aliphatic heterocycles. The highest BCUT2D eigenvalue weighted by molar-refractivity contribution is 7.09. The summed E-state index contributed by atoms with van der Waals surface area (Å²) in [6.07, 6.45) is 2.06. The average molecular weight is 498 g/mol. The predicted molar refractivity (Wildman–Crippen MR) is 132 cm³/mol. The Morgan fingerprint density at radius 1 is 1.11 bits per heavy atom. The average Bonchev–Trinajstić information content (AvgIpc) is 3.59. The van der Waals surface area contributed by atoms with Gasteiger partial charge in [0.1, 0.15) is 5.01 Å². The summed E-state index contributed by atoms with van der Waals surface area (Å²) >= 11 is 1.44. The Kier molecular flexibility index (Phi) is 6.81. The molecule has 1 unspecified atom stereocenters. The van der Waals surface area contributed by atoms with Crippen LogP contribution in [0, 0.1) is 5.41 Å². The summed E-state index contributed by atoms with van der Waals surface area (Å²) in [5.74, 6) is -1.50. The second-order valence-corrected chi connectivity index (χ2v) is 10.9. The van der Waals surface area contributed by atoms with E-state index in [-0.39, 0.29) is 5.41 Å². The number of benzene rings is 1. The summed E-state index contributed by atoms with van der Waals surface area (Å²) in [6, 6.07) is 8.82. The molecule has 0 bridgehead atoms. The van der Waals surface area contributed by atoms with Gasteiger partial charge in [-0.05, 0) is 49.4 Å². The number of nitrogens with zero attached hydrogens (tertiary/aromatic N) is 4. The van der Waals surface area contributed by atoms with Crippen LogP contribution in [0.25, 0.3) is 5.69 Å². The lowest BCUT2D eigenvalue weighted by Gasteiger charge is -2.35. The zero-order chi connectivity index (χ0) is 25.4. The fraction of sp³-hybridized carbons (Fsp3) is 0.440. The maximum atomic E-state index is 13.3. The van der Waals surface area contributed by atoms with Gasteiger partial charge in [-0.3, -0.25) is 9.59 Å². The number of aliphatic hydroxyl groups is 2. The van der Waals surface area contributed by atoms with Gasteiger partial charge in [-0.2, -0.15) is 5.10 Å². The molecule has 3 aromatic rings. The van der Waals surface area contributed by atoms with Crippen LogP contribution in [0.5, 0.6) is 0 Å². The molecule has 4 atom stereocenters. The Balaban J connectivity index is 1.43. The number of aliphatic hydroxyl groups excluding tert-OH is 2. The van der Waals surface area contributed by atoms with E-state index in [0.29, 0.717) is 13.0 Å². The first kappa shape index (κ1) is 25.0. The van der Waals surface area contributed by atoms with Crippen LogP contribution in [0.15, 0.2) is 54.3 Å². The van der Waals surface area contributed by atoms with Gasteiger partial charge in [0.05, 0.1) is 17.3 Å². The molecule has 2 amide bonds. The maximum Gasteiger partial charge on any atom is 0.255 e. The zero-order valence-corrected chi connectivity index (χ0v) is 21.1. The van der Waals surface area contributed by atoms with E-state index in [1.54, 1.807) is 28.9 Å². The van der Waals surface area contributed by atoms with Gasteiger partial charge in [0.25, 0.3) is 11.8 Å². The number of carbonyl (C=O) groups excluding carboxylic acids is 2. The second kappa shape index (κ2) is 9.52. The number of thiazole rings is 1. The van der Waals surface area contributed by atoms with Gasteiger partial charge in [0.15, 0.2) is 12.2 Å². The Morgan fingerprint density at radius 3 is 2.43 bits per heavy atom. The molecule has 1 fully saturated rings. The lowest BCUT2D eigenvalue weighted by molar-refractivity contribution is -0.156. The fourth-order valence-electron chi connectivity index (χ4n) is 4.84. The molecule has 2 aromatic heterocycles. The Hall–Kier alpha value is -3.08. The summed E-state index contributed by atoms with van der Waals surface area (Å²) < 4.78 is 1.72. The van der Waals surface area contributed by atoms with E-state index >= 15 is 0 Å². The highest BCUT2D eigenvalue weighted by atomic mass is 32.1. The lowest BCUT2D eigenvalue weighted by atomic mass is 9.85. The van der Waals surface area contributed by atoms with Crippen LogP contribution in [0.1, 0.15) is 50.7 Å². The topological polar surface area (TPSA) is 121 Å². The largest absolute Gasteiger partial charge is 0.380 e. The quantitative estimate of drug-likeness (QED) is 0.461. The molecule has 0 spiro atoms. The summed E-state index contributed by atoms with van der Waals surface area (Å²) in [5.41, 5.74) is 0.741. The Morgan fingerprint density at radius 2 is 1.83 bits per heavy atom. The van der Waals surface area contributed by atoms with Gasteiger partial charge in [-0.15, -0.1) is 11.3 Å². The van der Waals surface area contributed by atoms with Crippen molar-refractivity contribution in [1.29, 1.82) is 0 Å². The number of amides is 2. The highest BCUT2D eigenvalue weighted by Gasteiger charge is 2.52. The number of likely N-dealkylation sites (tertiary alicyclic amines) is 1. The fourth-order valence-corrected chi connectivity index (χ4v) is 5.65. The molecule has 4 rings (SSSR count). The summed E-state index contributed by atoms with van der Waals surface area (Å²) in [7, 11) is 0. The molecule has 35 heavy (non-hydrogen) atoms. The van der Waals surface area contributed by atoms with Gasteiger partial charge in [0, 0.05) is 30.5 Å². The molecule has 0 aliphatic carbocycles. The normalized spacial score (nSPS) is 21.9. The second-order valence-electron chi connectivity index (χ2n) is 10.0. The van der Waals surface area contributed by atoms with Crippen LogP contribution >= 0.6 is 11.3 Å². The molecule has 10 heteroatoms. The Bertz CT molecular complexity index is 1160. The number of nitrogens with one attached hydrogen (secondary N) is 1. The minimum absolute atomic E-state index is 0.208. The Labute approximate surface area is 208 Å². The van der Waals surface area contributed by atoms with Crippen LogP contribution in [0.2, 0.25) is 0 Å². The van der Waals surface area contributed by atoms with Crippen molar-refractivity contribution in [1.82, 2.24) is 25.0 Å². The molecular formula is C25H31N5O4S. The molecule has 186 valence electrons. The molecular weight excluding hydrogens is 466 g/mol. The van der Waals surface area contributed by atoms with E-state index in [9.17, 15) is 19.8 Å². The van der Waals surface area contributed by atoms with Gasteiger partial charge >= 0.3 is 0 Å². The van der Waals surface area contributed by atoms with E-state index in [4.69, 9.17) is 0 Å². The summed E-state index contributed by atoms with van der Waals surface area (Å²) in [5, 5.41) is 30.8. The minimum Gasteiger partial charge on any atom is -0.380 e. The molecule has 9 nitrogen and oxygen atoms in total. The monoisotopic (exact) mass is 497 g/mol. The van der Waals surface area contributed by atoms with E-state index in [2.05, 4.69) is 15.4 Å². The molecule has 0 radical (unpaired) electrons. The third kappa shape index (κ3) is 5.00. The van der Waals surface area contributed by atoms with Crippen molar-refractivity contribution in [3.63, 3.8) is 0 Å². The van der Waals surface area contributed by atoms with Crippen LogP contribution in [-0.4, -0.2) is 60.4 Å². The number of carbonyl (C=O) groups is 2. The van der Waals surface area contributed by atoms with Gasteiger partial charge in [0.2, 0.25) is 0 Å². The van der Waals surface area contributed by atoms with E-state index in [0.717, 1.165) is 16.3 Å². The van der Waals surface area contributed by atoms with E-state index in [1.165, 1.54) is 11.3 Å². The van der Waals surface area contributed by atoms with Crippen LogP contribution < -0.4 is 5.32 Å². The van der Waals surface area contributed by atoms with Crippen LogP contribution in [0.4, 0.5) is 0 Å². The predicted octanol–water partition coefficient (Wildman–Crippen LogP) is 2.40. The van der Waals surface area contributed by atoms with Gasteiger partial charge in [-0.1, -0.05) is 26.0 Å². The SMILES string of the molecule is C[C@@H](NC(=O)[C@H](O)[C@@H](O)C(=O)N1CC(C)(C)CC1(C)c1nccs1)c1ccc(-n2cccn2)cc1. The van der Waals surface area contributed by atoms with Crippen molar-refractivity contribution in [2.75, 3.05) is 6.54 Å². The number of hydrogen-bond donors (Lipinski definition) is 3. The number of hydrogen-bond acceptors (Lipinski definition) is 7. The van der Waals surface area contributed by atoms with Crippen LogP contribution in [0.3, 0.4) is 0 Å². The maximum absolute atomic E-state index is 13.3. The third-order valence-electron chi connectivity index (χ3n) is 6.51.